The lowest BCUT2D eigenvalue weighted by Crippen LogP contribution is -2.23. The first-order valence-electron chi connectivity index (χ1n) is 7.38. The van der Waals surface area contributed by atoms with E-state index in [9.17, 15) is 9.59 Å². The molecule has 3 rings (SSSR count). The molecule has 0 aromatic heterocycles. The molecule has 0 heterocycles. The second-order valence-electron chi connectivity index (χ2n) is 5.95. The molecule has 1 aliphatic rings. The monoisotopic (exact) mass is 363 g/mol. The summed E-state index contributed by atoms with van der Waals surface area (Å²) in [5.74, 6) is -0.302. The van der Waals surface area contributed by atoms with Crippen molar-refractivity contribution in [2.75, 3.05) is 5.32 Å². The minimum absolute atomic E-state index is 0.208. The molecule has 4 nitrogen and oxygen atoms in total. The number of amides is 1. The highest BCUT2D eigenvalue weighted by molar-refractivity contribution is 6.53. The minimum Gasteiger partial charge on any atom is -0.426 e. The number of hydrogen-bond donors (Lipinski definition) is 1. The van der Waals surface area contributed by atoms with E-state index in [0.717, 1.165) is 0 Å². The fourth-order valence-electron chi connectivity index (χ4n) is 2.24. The van der Waals surface area contributed by atoms with E-state index < -0.39 is 15.7 Å². The van der Waals surface area contributed by atoms with Crippen molar-refractivity contribution in [1.29, 1.82) is 0 Å². The zero-order chi connectivity index (χ0) is 17.4. The molecule has 2 aromatic rings. The number of anilines is 1. The molecule has 1 atom stereocenters. The van der Waals surface area contributed by atoms with Gasteiger partial charge in [-0.05, 0) is 43.3 Å². The molecule has 1 fully saturated rings. The molecule has 1 amide bonds. The number of carbonyl (C=O) groups is 2. The first-order chi connectivity index (χ1) is 11.3. The number of ether oxygens (including phenoxy) is 1. The van der Waals surface area contributed by atoms with Gasteiger partial charge in [0.1, 0.15) is 15.5 Å². The summed E-state index contributed by atoms with van der Waals surface area (Å²) in [5, 5.41) is 2.77. The maximum atomic E-state index is 12.1. The highest BCUT2D eigenvalue weighted by Crippen LogP contribution is 2.64. The second kappa shape index (κ2) is 6.11. The molecule has 6 heteroatoms. The summed E-state index contributed by atoms with van der Waals surface area (Å²) in [6.07, 6.45) is 0.368. The van der Waals surface area contributed by atoms with Crippen LogP contribution in [0.2, 0.25) is 0 Å². The zero-order valence-corrected chi connectivity index (χ0v) is 14.4. The van der Waals surface area contributed by atoms with Crippen LogP contribution in [0.5, 0.6) is 5.75 Å². The standard InChI is InChI=1S/C18H15Cl2NO3/c1-17(11-18(17,19)20)16(23)24-14-9-7-13(8-10-14)21-15(22)12-5-3-2-4-6-12/h2-10H,11H2,1H3,(H,21,22). The summed E-state index contributed by atoms with van der Waals surface area (Å²) in [6, 6.07) is 15.4. The van der Waals surface area contributed by atoms with Crippen molar-refractivity contribution in [2.45, 2.75) is 17.7 Å². The molecule has 1 unspecified atom stereocenters. The van der Waals surface area contributed by atoms with E-state index in [4.69, 9.17) is 27.9 Å². The predicted molar refractivity (Wildman–Crippen MR) is 93.6 cm³/mol. The Hall–Kier alpha value is -2.04. The fraction of sp³-hybridized carbons (Fsp3) is 0.222. The summed E-state index contributed by atoms with van der Waals surface area (Å²) in [5.41, 5.74) is 0.289. The van der Waals surface area contributed by atoms with Gasteiger partial charge in [-0.25, -0.2) is 0 Å². The van der Waals surface area contributed by atoms with E-state index >= 15 is 0 Å². The van der Waals surface area contributed by atoms with Gasteiger partial charge in [0.2, 0.25) is 0 Å². The summed E-state index contributed by atoms with van der Waals surface area (Å²) in [7, 11) is 0. The van der Waals surface area contributed by atoms with Gasteiger partial charge in [-0.3, -0.25) is 9.59 Å². The van der Waals surface area contributed by atoms with E-state index in [1.165, 1.54) is 0 Å². The molecule has 1 saturated carbocycles. The van der Waals surface area contributed by atoms with Crippen LogP contribution in [-0.2, 0) is 4.79 Å². The Kier molecular flexibility index (Phi) is 4.28. The maximum Gasteiger partial charge on any atom is 0.320 e. The number of alkyl halides is 2. The number of benzene rings is 2. The Bertz CT molecular complexity index is 775. The molecule has 0 saturated heterocycles. The molecule has 124 valence electrons. The summed E-state index contributed by atoms with van der Waals surface area (Å²) < 4.78 is 4.24. The van der Waals surface area contributed by atoms with Gasteiger partial charge in [0.15, 0.2) is 0 Å². The van der Waals surface area contributed by atoms with Crippen LogP contribution in [0.15, 0.2) is 54.6 Å². The van der Waals surface area contributed by atoms with Gasteiger partial charge < -0.3 is 10.1 Å². The van der Waals surface area contributed by atoms with Crippen molar-refractivity contribution < 1.29 is 14.3 Å². The van der Waals surface area contributed by atoms with E-state index in [1.807, 2.05) is 6.07 Å². The van der Waals surface area contributed by atoms with Gasteiger partial charge in [0, 0.05) is 17.7 Å². The van der Waals surface area contributed by atoms with Crippen molar-refractivity contribution in [3.8, 4) is 5.75 Å². The Balaban J connectivity index is 1.62. The summed E-state index contributed by atoms with van der Waals surface area (Å²) in [4.78, 5) is 24.2. The number of carbonyl (C=O) groups excluding carboxylic acids is 2. The number of nitrogens with one attached hydrogen (secondary N) is 1. The average molecular weight is 364 g/mol. The van der Waals surface area contributed by atoms with Crippen molar-refractivity contribution in [3.63, 3.8) is 0 Å². The Morgan fingerprint density at radius 2 is 1.62 bits per heavy atom. The van der Waals surface area contributed by atoms with Crippen LogP contribution < -0.4 is 10.1 Å². The first kappa shape index (κ1) is 16.8. The zero-order valence-electron chi connectivity index (χ0n) is 12.9. The minimum atomic E-state index is -1.06. The topological polar surface area (TPSA) is 55.4 Å². The third-order valence-corrected chi connectivity index (χ3v) is 5.17. The lowest BCUT2D eigenvalue weighted by atomic mass is 10.1. The van der Waals surface area contributed by atoms with Gasteiger partial charge in [-0.15, -0.1) is 23.2 Å². The van der Waals surface area contributed by atoms with Crippen molar-refractivity contribution in [3.05, 3.63) is 60.2 Å². The molecule has 0 aliphatic heterocycles. The lowest BCUT2D eigenvalue weighted by molar-refractivity contribution is -0.139. The van der Waals surface area contributed by atoms with E-state index in [2.05, 4.69) is 5.32 Å². The molecule has 0 spiro atoms. The van der Waals surface area contributed by atoms with E-state index in [1.54, 1.807) is 55.5 Å². The summed E-state index contributed by atoms with van der Waals surface area (Å²) in [6.45, 7) is 1.67. The van der Waals surface area contributed by atoms with Crippen LogP contribution in [0.3, 0.4) is 0 Å². The van der Waals surface area contributed by atoms with Crippen molar-refractivity contribution in [1.82, 2.24) is 0 Å². The smallest absolute Gasteiger partial charge is 0.320 e. The first-order valence-corrected chi connectivity index (χ1v) is 8.14. The van der Waals surface area contributed by atoms with Gasteiger partial charge in [-0.2, -0.15) is 0 Å². The van der Waals surface area contributed by atoms with E-state index in [0.29, 0.717) is 23.4 Å². The van der Waals surface area contributed by atoms with Crippen molar-refractivity contribution in [2.24, 2.45) is 5.41 Å². The van der Waals surface area contributed by atoms with Gasteiger partial charge in [-0.1, -0.05) is 18.2 Å². The third-order valence-electron chi connectivity index (χ3n) is 4.07. The Morgan fingerprint density at radius 3 is 2.17 bits per heavy atom. The second-order valence-corrected chi connectivity index (χ2v) is 7.43. The molecule has 24 heavy (non-hydrogen) atoms. The largest absolute Gasteiger partial charge is 0.426 e. The SMILES string of the molecule is CC1(C(=O)Oc2ccc(NC(=O)c3ccccc3)cc2)CC1(Cl)Cl. The number of halogens is 2. The van der Waals surface area contributed by atoms with Crippen LogP contribution in [0, 0.1) is 5.41 Å². The van der Waals surface area contributed by atoms with Gasteiger partial charge in [0.05, 0.1) is 0 Å². The van der Waals surface area contributed by atoms with Gasteiger partial charge in [0.25, 0.3) is 5.91 Å². The maximum absolute atomic E-state index is 12.1. The number of esters is 1. The van der Waals surface area contributed by atoms with E-state index in [-0.39, 0.29) is 5.91 Å². The highest BCUT2D eigenvalue weighted by atomic mass is 35.5. The molecular formula is C18H15Cl2NO3. The molecule has 1 aliphatic carbocycles. The Morgan fingerprint density at radius 1 is 1.04 bits per heavy atom. The van der Waals surface area contributed by atoms with Gasteiger partial charge >= 0.3 is 5.97 Å². The lowest BCUT2D eigenvalue weighted by Gasteiger charge is -2.12. The molecule has 0 bridgehead atoms. The highest BCUT2D eigenvalue weighted by Gasteiger charge is 2.69. The summed E-state index contributed by atoms with van der Waals surface area (Å²) >= 11 is 11.9. The molecular weight excluding hydrogens is 349 g/mol. The Labute approximate surface area is 149 Å². The number of hydrogen-bond acceptors (Lipinski definition) is 3. The van der Waals surface area contributed by atoms with Crippen LogP contribution in [0.25, 0.3) is 0 Å². The fourth-order valence-corrected chi connectivity index (χ4v) is 2.93. The molecule has 0 radical (unpaired) electrons. The van der Waals surface area contributed by atoms with Crippen molar-refractivity contribution >= 4 is 40.8 Å². The average Bonchev–Trinajstić information content (AvgIpc) is 3.10. The quantitative estimate of drug-likeness (QED) is 0.496. The van der Waals surface area contributed by atoms with Crippen LogP contribution in [0.4, 0.5) is 5.69 Å². The molecule has 2 aromatic carbocycles. The van der Waals surface area contributed by atoms with Crippen LogP contribution >= 0.6 is 23.2 Å². The normalized spacial score (nSPS) is 21.0. The number of rotatable bonds is 4. The van der Waals surface area contributed by atoms with Crippen LogP contribution in [0.1, 0.15) is 23.7 Å². The third kappa shape index (κ3) is 3.25. The molecule has 1 N–H and O–H groups in total. The van der Waals surface area contributed by atoms with Crippen LogP contribution in [-0.4, -0.2) is 16.2 Å². The predicted octanol–water partition coefficient (Wildman–Crippen LogP) is 4.43.